The van der Waals surface area contributed by atoms with Gasteiger partial charge >= 0.3 is 0 Å². The van der Waals surface area contributed by atoms with Crippen molar-refractivity contribution in [1.29, 1.82) is 0 Å². The van der Waals surface area contributed by atoms with Crippen molar-refractivity contribution >= 4 is 11.6 Å². The third-order valence-corrected chi connectivity index (χ3v) is 3.55. The molecule has 0 aliphatic heterocycles. The quantitative estimate of drug-likeness (QED) is 0.716. The summed E-state index contributed by atoms with van der Waals surface area (Å²) in [5.74, 6) is -0.0819. The molecule has 2 rings (SSSR count). The first-order chi connectivity index (χ1) is 10.3. The molecule has 0 aliphatic carbocycles. The Morgan fingerprint density at radius 3 is 2.29 bits per heavy atom. The fourth-order valence-corrected chi connectivity index (χ4v) is 2.59. The number of aromatic nitrogens is 1. The zero-order valence-corrected chi connectivity index (χ0v) is 13.1. The Bertz CT molecular complexity index is 541. The molecule has 1 aromatic carbocycles. The highest BCUT2D eigenvalue weighted by atomic mass is 35.5. The first kappa shape index (κ1) is 16.0. The van der Waals surface area contributed by atoms with Crippen molar-refractivity contribution in [2.45, 2.75) is 26.1 Å². The van der Waals surface area contributed by atoms with Crippen LogP contribution < -0.4 is 0 Å². The van der Waals surface area contributed by atoms with E-state index in [2.05, 4.69) is 17.1 Å². The molecule has 0 radical (unpaired) electrons. The summed E-state index contributed by atoms with van der Waals surface area (Å²) < 4.78 is 11.6. The monoisotopic (exact) mass is 305 g/mol. The van der Waals surface area contributed by atoms with Gasteiger partial charge < -0.3 is 9.47 Å². The van der Waals surface area contributed by atoms with Crippen molar-refractivity contribution in [1.82, 2.24) is 4.98 Å². The van der Waals surface area contributed by atoms with Crippen LogP contribution in [0.2, 0.25) is 5.02 Å². The van der Waals surface area contributed by atoms with Crippen molar-refractivity contribution in [2.75, 3.05) is 13.2 Å². The van der Waals surface area contributed by atoms with Gasteiger partial charge in [-0.05, 0) is 31.0 Å². The number of ether oxygens (including phenoxy) is 2. The van der Waals surface area contributed by atoms with Gasteiger partial charge in [-0.25, -0.2) is 0 Å². The van der Waals surface area contributed by atoms with E-state index in [0.717, 1.165) is 11.1 Å². The van der Waals surface area contributed by atoms with Crippen molar-refractivity contribution < 1.29 is 9.47 Å². The van der Waals surface area contributed by atoms with Crippen LogP contribution in [0.1, 0.15) is 30.9 Å². The summed E-state index contributed by atoms with van der Waals surface area (Å²) in [7, 11) is 0. The van der Waals surface area contributed by atoms with E-state index in [4.69, 9.17) is 21.1 Å². The van der Waals surface area contributed by atoms with E-state index >= 15 is 0 Å². The smallest absolute Gasteiger partial charge is 0.168 e. The Hall–Kier alpha value is -1.42. The van der Waals surface area contributed by atoms with Crippen LogP contribution in [-0.2, 0) is 9.47 Å². The van der Waals surface area contributed by atoms with Gasteiger partial charge in [-0.1, -0.05) is 41.9 Å². The molecule has 3 nitrogen and oxygen atoms in total. The van der Waals surface area contributed by atoms with E-state index in [1.165, 1.54) is 0 Å². The van der Waals surface area contributed by atoms with E-state index in [1.807, 2.05) is 38.1 Å². The lowest BCUT2D eigenvalue weighted by molar-refractivity contribution is -0.143. The average Bonchev–Trinajstić information content (AvgIpc) is 2.51. The standard InChI is InChI=1S/C17H20ClNO2/c1-3-20-17(21-4-2)16(13-8-6-5-7-9-13)14-10-11-19-12-15(14)18/h5-12,16-17H,3-4H2,1-2H3. The number of halogens is 1. The Kier molecular flexibility index (Phi) is 6.18. The van der Waals surface area contributed by atoms with Crippen LogP contribution in [0.5, 0.6) is 0 Å². The van der Waals surface area contributed by atoms with E-state index in [9.17, 15) is 0 Å². The Morgan fingerprint density at radius 1 is 1.05 bits per heavy atom. The van der Waals surface area contributed by atoms with Gasteiger partial charge in [-0.3, -0.25) is 4.98 Å². The normalized spacial score (nSPS) is 12.6. The van der Waals surface area contributed by atoms with Crippen molar-refractivity contribution in [3.63, 3.8) is 0 Å². The molecule has 0 fully saturated rings. The van der Waals surface area contributed by atoms with Crippen LogP contribution >= 0.6 is 11.6 Å². The lowest BCUT2D eigenvalue weighted by atomic mass is 9.91. The fraction of sp³-hybridized carbons (Fsp3) is 0.353. The van der Waals surface area contributed by atoms with Gasteiger partial charge in [0.25, 0.3) is 0 Å². The lowest BCUT2D eigenvalue weighted by Crippen LogP contribution is -2.27. The fourth-order valence-electron chi connectivity index (χ4n) is 2.35. The molecular formula is C17H20ClNO2. The summed E-state index contributed by atoms with van der Waals surface area (Å²) in [5, 5.41) is 0.621. The van der Waals surface area contributed by atoms with Gasteiger partial charge in [0.1, 0.15) is 0 Å². The van der Waals surface area contributed by atoms with Crippen LogP contribution in [0, 0.1) is 0 Å². The molecule has 4 heteroatoms. The molecule has 0 saturated heterocycles. The third-order valence-electron chi connectivity index (χ3n) is 3.23. The zero-order chi connectivity index (χ0) is 15.1. The van der Waals surface area contributed by atoms with Crippen molar-refractivity contribution in [3.8, 4) is 0 Å². The van der Waals surface area contributed by atoms with E-state index in [-0.39, 0.29) is 12.2 Å². The summed E-state index contributed by atoms with van der Waals surface area (Å²) in [5.41, 5.74) is 2.07. The molecule has 1 atom stereocenters. The highest BCUT2D eigenvalue weighted by Gasteiger charge is 2.27. The van der Waals surface area contributed by atoms with Crippen molar-refractivity contribution in [2.24, 2.45) is 0 Å². The Morgan fingerprint density at radius 2 is 1.71 bits per heavy atom. The molecule has 1 aromatic heterocycles. The molecule has 0 aliphatic rings. The number of hydrogen-bond acceptors (Lipinski definition) is 3. The lowest BCUT2D eigenvalue weighted by Gasteiger charge is -2.28. The molecule has 0 amide bonds. The molecule has 21 heavy (non-hydrogen) atoms. The molecule has 1 heterocycles. The number of hydrogen-bond donors (Lipinski definition) is 0. The second kappa shape index (κ2) is 8.13. The Labute approximate surface area is 130 Å². The minimum atomic E-state index is -0.373. The highest BCUT2D eigenvalue weighted by Crippen LogP contribution is 2.34. The topological polar surface area (TPSA) is 31.4 Å². The third kappa shape index (κ3) is 4.03. The zero-order valence-electron chi connectivity index (χ0n) is 12.3. The van der Waals surface area contributed by atoms with Gasteiger partial charge in [0, 0.05) is 25.6 Å². The van der Waals surface area contributed by atoms with E-state index in [1.54, 1.807) is 12.4 Å². The van der Waals surface area contributed by atoms with Crippen molar-refractivity contribution in [3.05, 3.63) is 64.9 Å². The molecule has 0 N–H and O–H groups in total. The van der Waals surface area contributed by atoms with Crippen LogP contribution in [0.25, 0.3) is 0 Å². The van der Waals surface area contributed by atoms with Gasteiger partial charge in [0.2, 0.25) is 0 Å². The number of nitrogens with zero attached hydrogens (tertiary/aromatic N) is 1. The van der Waals surface area contributed by atoms with Gasteiger partial charge in [-0.2, -0.15) is 0 Å². The summed E-state index contributed by atoms with van der Waals surface area (Å²) in [6.45, 7) is 5.08. The molecule has 0 saturated carbocycles. The predicted octanol–water partition coefficient (Wildman–Crippen LogP) is 4.27. The summed E-state index contributed by atoms with van der Waals surface area (Å²) in [6, 6.07) is 12.0. The second-order valence-corrected chi connectivity index (χ2v) is 4.97. The maximum atomic E-state index is 6.34. The van der Waals surface area contributed by atoms with Gasteiger partial charge in [0.05, 0.1) is 10.9 Å². The number of benzene rings is 1. The molecule has 112 valence electrons. The van der Waals surface area contributed by atoms with E-state index in [0.29, 0.717) is 18.2 Å². The SMILES string of the molecule is CCOC(OCC)C(c1ccccc1)c1ccncc1Cl. The maximum Gasteiger partial charge on any atom is 0.168 e. The minimum Gasteiger partial charge on any atom is -0.352 e. The first-order valence-corrected chi connectivity index (χ1v) is 7.53. The minimum absolute atomic E-state index is 0.0819. The van der Waals surface area contributed by atoms with Crippen LogP contribution in [0.15, 0.2) is 48.8 Å². The van der Waals surface area contributed by atoms with Crippen LogP contribution in [0.3, 0.4) is 0 Å². The maximum absolute atomic E-state index is 6.34. The van der Waals surface area contributed by atoms with Crippen LogP contribution in [-0.4, -0.2) is 24.5 Å². The van der Waals surface area contributed by atoms with Gasteiger partial charge in [-0.15, -0.1) is 0 Å². The summed E-state index contributed by atoms with van der Waals surface area (Å²) in [6.07, 6.45) is 3.02. The molecule has 2 aromatic rings. The molecule has 1 unspecified atom stereocenters. The number of rotatable bonds is 7. The first-order valence-electron chi connectivity index (χ1n) is 7.15. The Balaban J connectivity index is 2.46. The van der Waals surface area contributed by atoms with Crippen LogP contribution in [0.4, 0.5) is 0 Å². The number of pyridine rings is 1. The van der Waals surface area contributed by atoms with Gasteiger partial charge in [0.15, 0.2) is 6.29 Å². The highest BCUT2D eigenvalue weighted by molar-refractivity contribution is 6.31. The summed E-state index contributed by atoms with van der Waals surface area (Å²) >= 11 is 6.34. The largest absolute Gasteiger partial charge is 0.352 e. The predicted molar refractivity (Wildman–Crippen MR) is 84.6 cm³/mol. The molecular weight excluding hydrogens is 286 g/mol. The van der Waals surface area contributed by atoms with E-state index < -0.39 is 0 Å². The molecule has 0 spiro atoms. The molecule has 0 bridgehead atoms. The second-order valence-electron chi connectivity index (χ2n) is 4.56. The summed E-state index contributed by atoms with van der Waals surface area (Å²) in [4.78, 5) is 4.06. The average molecular weight is 306 g/mol.